The lowest BCUT2D eigenvalue weighted by Gasteiger charge is -2.21. The highest BCUT2D eigenvalue weighted by Gasteiger charge is 2.45. The number of nitrogens with one attached hydrogen (secondary N) is 1. The lowest BCUT2D eigenvalue weighted by molar-refractivity contribution is 0.141. The van der Waals surface area contributed by atoms with Gasteiger partial charge in [-0.2, -0.15) is 0 Å². The van der Waals surface area contributed by atoms with E-state index in [1.54, 1.807) is 12.1 Å². The van der Waals surface area contributed by atoms with E-state index in [4.69, 9.17) is 9.47 Å². The maximum absolute atomic E-state index is 14.0. The maximum atomic E-state index is 14.0. The lowest BCUT2D eigenvalue weighted by atomic mass is 10.0. The van der Waals surface area contributed by atoms with Gasteiger partial charge in [0.2, 0.25) is 5.75 Å². The van der Waals surface area contributed by atoms with E-state index in [0.29, 0.717) is 18.9 Å². The van der Waals surface area contributed by atoms with Crippen LogP contribution in [0.3, 0.4) is 0 Å². The van der Waals surface area contributed by atoms with Crippen LogP contribution in [0.2, 0.25) is 0 Å². The van der Waals surface area contributed by atoms with Gasteiger partial charge in [0.15, 0.2) is 5.75 Å². The van der Waals surface area contributed by atoms with Gasteiger partial charge in [-0.3, -0.25) is 4.72 Å². The summed E-state index contributed by atoms with van der Waals surface area (Å²) < 4.78 is 53.7. The third-order valence-electron chi connectivity index (χ3n) is 6.41. The van der Waals surface area contributed by atoms with Crippen LogP contribution >= 0.6 is 0 Å². The molecule has 35 heavy (non-hydrogen) atoms. The fourth-order valence-electron chi connectivity index (χ4n) is 4.39. The zero-order valence-corrected chi connectivity index (χ0v) is 20.5. The third-order valence-corrected chi connectivity index (χ3v) is 7.84. The van der Waals surface area contributed by atoms with Crippen LogP contribution in [-0.4, -0.2) is 50.8 Å². The van der Waals surface area contributed by atoms with Gasteiger partial charge >= 0.3 is 6.16 Å². The smallest absolute Gasteiger partial charge is 0.489 e. The van der Waals surface area contributed by atoms with Crippen molar-refractivity contribution in [3.63, 3.8) is 0 Å². The Bertz CT molecular complexity index is 1240. The molecule has 2 aromatic rings. The van der Waals surface area contributed by atoms with Crippen LogP contribution in [0.5, 0.6) is 11.5 Å². The first-order valence-corrected chi connectivity index (χ1v) is 13.1. The van der Waals surface area contributed by atoms with Gasteiger partial charge in [-0.05, 0) is 61.7 Å². The lowest BCUT2D eigenvalue weighted by Crippen LogP contribution is -2.23. The zero-order chi connectivity index (χ0) is 25.2. The summed E-state index contributed by atoms with van der Waals surface area (Å²) in [4.78, 5) is 13.4. The fraction of sp³-hybridized carbons (Fsp3) is 0.400. The number of rotatable bonds is 10. The highest BCUT2D eigenvalue weighted by Crippen LogP contribution is 2.57. The first kappa shape index (κ1) is 25.0. The van der Waals surface area contributed by atoms with Crippen LogP contribution in [-0.2, 0) is 10.0 Å². The maximum Gasteiger partial charge on any atom is 0.511 e. The minimum atomic E-state index is -4.22. The van der Waals surface area contributed by atoms with Crippen molar-refractivity contribution >= 4 is 27.9 Å². The van der Waals surface area contributed by atoms with Gasteiger partial charge in [0.05, 0.1) is 17.2 Å². The van der Waals surface area contributed by atoms with E-state index in [2.05, 4.69) is 23.5 Å². The molecule has 4 rings (SSSR count). The molecule has 10 heteroatoms. The van der Waals surface area contributed by atoms with E-state index in [1.165, 1.54) is 12.1 Å². The third kappa shape index (κ3) is 5.59. The van der Waals surface area contributed by atoms with Crippen LogP contribution in [0.25, 0.3) is 6.08 Å². The van der Waals surface area contributed by atoms with Crippen LogP contribution < -0.4 is 14.2 Å². The molecule has 1 aliphatic heterocycles. The monoisotopic (exact) mass is 504 g/mol. The number of ether oxygens (including phenoxy) is 2. The molecule has 188 valence electrons. The SMILES string of the molecule is CCN(CC)CC/C=C\c1cc(F)ccc1S(=O)(=O)Nc1ccc2c(c1OC(=O)O)OC[C@@H]1C[C@H]21. The quantitative estimate of drug-likeness (QED) is 0.349. The Morgan fingerprint density at radius 1 is 1.29 bits per heavy atom. The van der Waals surface area contributed by atoms with Crippen molar-refractivity contribution in [1.82, 2.24) is 4.90 Å². The van der Waals surface area contributed by atoms with Crippen molar-refractivity contribution in [2.45, 2.75) is 37.5 Å². The van der Waals surface area contributed by atoms with Gasteiger partial charge in [-0.25, -0.2) is 17.6 Å². The molecule has 0 radical (unpaired) electrons. The van der Waals surface area contributed by atoms with E-state index < -0.39 is 22.0 Å². The van der Waals surface area contributed by atoms with Gasteiger partial charge < -0.3 is 19.5 Å². The number of nitrogens with zero attached hydrogens (tertiary/aromatic N) is 1. The molecule has 1 aliphatic carbocycles. The number of sulfonamides is 1. The highest BCUT2D eigenvalue weighted by molar-refractivity contribution is 7.92. The number of carbonyl (C=O) groups is 1. The van der Waals surface area contributed by atoms with E-state index in [9.17, 15) is 22.7 Å². The molecule has 1 saturated carbocycles. The molecule has 1 heterocycles. The summed E-state index contributed by atoms with van der Waals surface area (Å²) in [6, 6.07) is 6.61. The second-order valence-electron chi connectivity index (χ2n) is 8.65. The molecule has 2 aliphatic rings. The molecule has 0 aromatic heterocycles. The summed E-state index contributed by atoms with van der Waals surface area (Å²) in [5.41, 5.74) is 0.929. The van der Waals surface area contributed by atoms with Crippen molar-refractivity contribution in [2.75, 3.05) is 31.0 Å². The second kappa shape index (κ2) is 10.2. The summed E-state index contributed by atoms with van der Waals surface area (Å²) in [5.74, 6) is 0.122. The molecule has 2 N–H and O–H groups in total. The van der Waals surface area contributed by atoms with Crippen molar-refractivity contribution < 1.29 is 32.2 Å². The average molecular weight is 505 g/mol. The first-order chi connectivity index (χ1) is 16.7. The van der Waals surface area contributed by atoms with Crippen molar-refractivity contribution in [2.24, 2.45) is 5.92 Å². The largest absolute Gasteiger partial charge is 0.511 e. The van der Waals surface area contributed by atoms with Crippen LogP contribution in [0.15, 0.2) is 41.3 Å². The first-order valence-electron chi connectivity index (χ1n) is 11.6. The molecule has 0 bridgehead atoms. The number of benzene rings is 2. The predicted octanol–water partition coefficient (Wildman–Crippen LogP) is 4.92. The van der Waals surface area contributed by atoms with Crippen LogP contribution in [0.1, 0.15) is 43.7 Å². The van der Waals surface area contributed by atoms with Crippen molar-refractivity contribution in [1.29, 1.82) is 0 Å². The molecule has 0 saturated heterocycles. The average Bonchev–Trinajstić information content (AvgIpc) is 3.60. The second-order valence-corrected chi connectivity index (χ2v) is 10.3. The van der Waals surface area contributed by atoms with Gasteiger partial charge in [0.1, 0.15) is 5.82 Å². The number of halogens is 1. The van der Waals surface area contributed by atoms with Gasteiger partial charge in [0.25, 0.3) is 10.0 Å². The summed E-state index contributed by atoms with van der Waals surface area (Å²) in [6.45, 7) is 7.15. The Kier molecular flexibility index (Phi) is 7.32. The Balaban J connectivity index is 1.63. The molecule has 0 unspecified atom stereocenters. The Morgan fingerprint density at radius 2 is 2.06 bits per heavy atom. The number of hydrogen-bond acceptors (Lipinski definition) is 6. The molecular formula is C25H29FN2O6S. The van der Waals surface area contributed by atoms with Gasteiger partial charge in [-0.1, -0.05) is 32.1 Å². The molecule has 0 spiro atoms. The minimum absolute atomic E-state index is 0.0639. The van der Waals surface area contributed by atoms with Crippen LogP contribution in [0.4, 0.5) is 14.9 Å². The van der Waals surface area contributed by atoms with E-state index in [-0.39, 0.29) is 33.6 Å². The summed E-state index contributed by atoms with van der Waals surface area (Å²) in [6.07, 6.45) is 3.41. The summed E-state index contributed by atoms with van der Waals surface area (Å²) >= 11 is 0. The molecule has 8 nitrogen and oxygen atoms in total. The Labute approximate surface area is 204 Å². The van der Waals surface area contributed by atoms with E-state index in [1.807, 2.05) is 6.08 Å². The molecular weight excluding hydrogens is 475 g/mol. The Morgan fingerprint density at radius 3 is 2.77 bits per heavy atom. The normalized spacial score (nSPS) is 18.6. The number of hydrogen-bond donors (Lipinski definition) is 2. The number of anilines is 1. The minimum Gasteiger partial charge on any atom is -0.489 e. The van der Waals surface area contributed by atoms with Crippen LogP contribution in [0, 0.1) is 11.7 Å². The molecule has 2 aromatic carbocycles. The van der Waals surface area contributed by atoms with Crippen molar-refractivity contribution in [3.8, 4) is 11.5 Å². The topological polar surface area (TPSA) is 105 Å². The standard InChI is InChI=1S/C25H29FN2O6S/c1-3-28(4-2)12-6-5-7-16-13-18(26)8-11-22(16)35(31,32)27-21-10-9-19-20-14-17(20)15-33-23(19)24(21)34-25(29)30/h5,7-11,13,17,20,27H,3-4,6,12,14-15H2,1-2H3,(H,29,30)/b7-5-/t17-,20-/m0/s1. The number of carboxylic acid groups (broad SMARTS) is 1. The highest BCUT2D eigenvalue weighted by atomic mass is 32.2. The number of fused-ring (bicyclic) bond motifs is 3. The zero-order valence-electron chi connectivity index (χ0n) is 19.7. The fourth-order valence-corrected chi connectivity index (χ4v) is 5.64. The van der Waals surface area contributed by atoms with E-state index in [0.717, 1.165) is 43.8 Å². The molecule has 2 atom stereocenters. The van der Waals surface area contributed by atoms with Gasteiger partial charge in [-0.15, -0.1) is 0 Å². The van der Waals surface area contributed by atoms with Gasteiger partial charge in [0, 0.05) is 18.0 Å². The Hall–Kier alpha value is -3.11. The van der Waals surface area contributed by atoms with E-state index >= 15 is 0 Å². The summed E-state index contributed by atoms with van der Waals surface area (Å²) in [7, 11) is -4.22. The molecule has 1 fully saturated rings. The summed E-state index contributed by atoms with van der Waals surface area (Å²) in [5, 5.41) is 9.25. The van der Waals surface area contributed by atoms with Crippen molar-refractivity contribution in [3.05, 3.63) is 53.4 Å². The predicted molar refractivity (Wildman–Crippen MR) is 130 cm³/mol. The molecule has 0 amide bonds.